The van der Waals surface area contributed by atoms with E-state index in [4.69, 9.17) is 0 Å². The van der Waals surface area contributed by atoms with Gasteiger partial charge in [-0.2, -0.15) is 0 Å². The largest absolute Gasteiger partial charge is 0.294 e. The minimum atomic E-state index is 0.827. The Kier molecular flexibility index (Phi) is 3.47. The van der Waals surface area contributed by atoms with E-state index in [1.807, 2.05) is 0 Å². The first kappa shape index (κ1) is 12.0. The summed E-state index contributed by atoms with van der Waals surface area (Å²) in [7, 11) is 0. The van der Waals surface area contributed by atoms with E-state index in [2.05, 4.69) is 18.7 Å². The third kappa shape index (κ3) is 1.95. The van der Waals surface area contributed by atoms with Gasteiger partial charge in [-0.3, -0.25) is 4.90 Å². The van der Waals surface area contributed by atoms with E-state index < -0.39 is 0 Å². The molecule has 1 nitrogen and oxygen atoms in total. The molecule has 4 unspecified atom stereocenters. The van der Waals surface area contributed by atoms with Gasteiger partial charge in [0, 0.05) is 18.1 Å². The van der Waals surface area contributed by atoms with Crippen LogP contribution in [0, 0.1) is 11.8 Å². The van der Waals surface area contributed by atoms with Crippen molar-refractivity contribution in [3.8, 4) is 0 Å². The third-order valence-electron chi connectivity index (χ3n) is 5.98. The van der Waals surface area contributed by atoms with Crippen LogP contribution in [0.1, 0.15) is 71.6 Å². The highest BCUT2D eigenvalue weighted by molar-refractivity contribution is 5.03. The Morgan fingerprint density at radius 1 is 0.882 bits per heavy atom. The molecule has 5 atom stereocenters. The number of hydrogen-bond donors (Lipinski definition) is 0. The van der Waals surface area contributed by atoms with E-state index in [0.29, 0.717) is 0 Å². The minimum Gasteiger partial charge on any atom is -0.294 e. The summed E-state index contributed by atoms with van der Waals surface area (Å²) in [6, 6.07) is 2.76. The third-order valence-corrected chi connectivity index (χ3v) is 5.98. The van der Waals surface area contributed by atoms with Crippen molar-refractivity contribution in [1.29, 1.82) is 0 Å². The van der Waals surface area contributed by atoms with Crippen LogP contribution in [0.15, 0.2) is 0 Å². The van der Waals surface area contributed by atoms with E-state index in [-0.39, 0.29) is 0 Å². The molecule has 0 aromatic carbocycles. The molecule has 0 bridgehead atoms. The SMILES string of the molecule is CC[C@@H](C)N1C2CCCCC2C2CCCCC21. The summed E-state index contributed by atoms with van der Waals surface area (Å²) in [5, 5.41) is 0. The molecule has 0 aromatic rings. The standard InChI is InChI=1S/C16H29N/c1-3-12(2)17-15-10-6-4-8-13(15)14-9-5-7-11-16(14)17/h12-16H,3-11H2,1-2H3/t12-,13?,14?,15?,16?/m1/s1. The average Bonchev–Trinajstić information content (AvgIpc) is 2.72. The van der Waals surface area contributed by atoms with Gasteiger partial charge in [-0.1, -0.05) is 32.6 Å². The summed E-state index contributed by atoms with van der Waals surface area (Å²) in [4.78, 5) is 2.98. The van der Waals surface area contributed by atoms with Crippen molar-refractivity contribution in [3.05, 3.63) is 0 Å². The Hall–Kier alpha value is -0.0400. The highest BCUT2D eigenvalue weighted by Gasteiger charge is 2.50. The van der Waals surface area contributed by atoms with Crippen molar-refractivity contribution in [2.45, 2.75) is 89.8 Å². The molecule has 2 saturated carbocycles. The topological polar surface area (TPSA) is 3.24 Å². The number of nitrogens with zero attached hydrogens (tertiary/aromatic N) is 1. The molecule has 0 spiro atoms. The van der Waals surface area contributed by atoms with Crippen LogP contribution in [0.25, 0.3) is 0 Å². The molecule has 2 aliphatic carbocycles. The molecule has 0 aromatic heterocycles. The lowest BCUT2D eigenvalue weighted by atomic mass is 9.73. The molecule has 1 heterocycles. The van der Waals surface area contributed by atoms with Gasteiger partial charge in [0.05, 0.1) is 0 Å². The molecule has 1 aliphatic heterocycles. The molecule has 3 fully saturated rings. The first-order valence-corrected chi connectivity index (χ1v) is 8.10. The number of fused-ring (bicyclic) bond motifs is 3. The first-order chi connectivity index (χ1) is 8.33. The number of likely N-dealkylation sites (tertiary alicyclic amines) is 1. The van der Waals surface area contributed by atoms with Gasteiger partial charge in [-0.25, -0.2) is 0 Å². The normalized spacial score (nSPS) is 44.1. The lowest BCUT2D eigenvalue weighted by Crippen LogP contribution is -2.45. The molecular formula is C16H29N. The van der Waals surface area contributed by atoms with Crippen molar-refractivity contribution in [2.75, 3.05) is 0 Å². The van der Waals surface area contributed by atoms with Crippen molar-refractivity contribution in [1.82, 2.24) is 4.90 Å². The molecule has 1 saturated heterocycles. The second-order valence-electron chi connectivity index (χ2n) is 6.74. The average molecular weight is 235 g/mol. The summed E-state index contributed by atoms with van der Waals surface area (Å²) < 4.78 is 0. The van der Waals surface area contributed by atoms with Gasteiger partial charge in [0.15, 0.2) is 0 Å². The number of rotatable bonds is 2. The fourth-order valence-electron chi connectivity index (χ4n) is 5.13. The van der Waals surface area contributed by atoms with E-state index in [1.165, 1.54) is 44.9 Å². The van der Waals surface area contributed by atoms with E-state index in [1.54, 1.807) is 12.8 Å². The Labute approximate surface area is 107 Å². The van der Waals surface area contributed by atoms with Crippen LogP contribution in [-0.4, -0.2) is 23.0 Å². The van der Waals surface area contributed by atoms with Crippen LogP contribution in [0.3, 0.4) is 0 Å². The van der Waals surface area contributed by atoms with Crippen LogP contribution in [0.5, 0.6) is 0 Å². The van der Waals surface area contributed by atoms with Crippen LogP contribution in [0.2, 0.25) is 0 Å². The summed E-state index contributed by atoms with van der Waals surface area (Å²) >= 11 is 0. The smallest absolute Gasteiger partial charge is 0.0133 e. The quantitative estimate of drug-likeness (QED) is 0.693. The van der Waals surface area contributed by atoms with Crippen LogP contribution in [0.4, 0.5) is 0 Å². The van der Waals surface area contributed by atoms with E-state index in [9.17, 15) is 0 Å². The van der Waals surface area contributed by atoms with Crippen molar-refractivity contribution in [3.63, 3.8) is 0 Å². The zero-order chi connectivity index (χ0) is 11.8. The fraction of sp³-hybridized carbons (Fsp3) is 1.00. The van der Waals surface area contributed by atoms with Gasteiger partial charge in [-0.05, 0) is 50.9 Å². The Morgan fingerprint density at radius 2 is 1.35 bits per heavy atom. The maximum absolute atomic E-state index is 2.98. The monoisotopic (exact) mass is 235 g/mol. The van der Waals surface area contributed by atoms with E-state index >= 15 is 0 Å². The Bertz CT molecular complexity index is 240. The zero-order valence-electron chi connectivity index (χ0n) is 11.7. The molecule has 3 rings (SSSR count). The molecule has 17 heavy (non-hydrogen) atoms. The van der Waals surface area contributed by atoms with Gasteiger partial charge < -0.3 is 0 Å². The first-order valence-electron chi connectivity index (χ1n) is 8.10. The fourth-order valence-corrected chi connectivity index (χ4v) is 5.13. The van der Waals surface area contributed by atoms with Gasteiger partial charge in [-0.15, -0.1) is 0 Å². The molecule has 0 radical (unpaired) electrons. The number of hydrogen-bond acceptors (Lipinski definition) is 1. The maximum Gasteiger partial charge on any atom is 0.0133 e. The lowest BCUT2D eigenvalue weighted by molar-refractivity contribution is 0.0925. The second kappa shape index (κ2) is 4.91. The molecular weight excluding hydrogens is 206 g/mol. The predicted octanol–water partition coefficient (Wildman–Crippen LogP) is 4.22. The summed E-state index contributed by atoms with van der Waals surface area (Å²) in [5.41, 5.74) is 0. The highest BCUT2D eigenvalue weighted by atomic mass is 15.3. The maximum atomic E-state index is 2.98. The Balaban J connectivity index is 1.84. The molecule has 0 N–H and O–H groups in total. The predicted molar refractivity (Wildman–Crippen MR) is 73.1 cm³/mol. The molecule has 98 valence electrons. The van der Waals surface area contributed by atoms with Gasteiger partial charge in [0.25, 0.3) is 0 Å². The Morgan fingerprint density at radius 3 is 1.82 bits per heavy atom. The summed E-state index contributed by atoms with van der Waals surface area (Å²) in [6.45, 7) is 4.85. The zero-order valence-corrected chi connectivity index (χ0v) is 11.7. The summed E-state index contributed by atoms with van der Waals surface area (Å²) in [5.74, 6) is 2.14. The lowest BCUT2D eigenvalue weighted by Gasteiger charge is -2.38. The van der Waals surface area contributed by atoms with Crippen LogP contribution >= 0.6 is 0 Å². The van der Waals surface area contributed by atoms with Crippen molar-refractivity contribution >= 4 is 0 Å². The highest BCUT2D eigenvalue weighted by Crippen LogP contribution is 2.49. The minimum absolute atomic E-state index is 0.827. The van der Waals surface area contributed by atoms with Gasteiger partial charge >= 0.3 is 0 Å². The second-order valence-corrected chi connectivity index (χ2v) is 6.74. The molecule has 1 heteroatoms. The van der Waals surface area contributed by atoms with Crippen molar-refractivity contribution < 1.29 is 0 Å². The van der Waals surface area contributed by atoms with E-state index in [0.717, 1.165) is 30.0 Å². The molecule has 0 amide bonds. The van der Waals surface area contributed by atoms with Gasteiger partial charge in [0.1, 0.15) is 0 Å². The van der Waals surface area contributed by atoms with Crippen molar-refractivity contribution in [2.24, 2.45) is 11.8 Å². The molecule has 3 aliphatic rings. The van der Waals surface area contributed by atoms with Crippen LogP contribution < -0.4 is 0 Å². The van der Waals surface area contributed by atoms with Gasteiger partial charge in [0.2, 0.25) is 0 Å². The summed E-state index contributed by atoms with van der Waals surface area (Å²) in [6.07, 6.45) is 13.4. The van der Waals surface area contributed by atoms with Crippen LogP contribution in [-0.2, 0) is 0 Å².